The third-order valence-corrected chi connectivity index (χ3v) is 1.94. The third kappa shape index (κ3) is 3.53. The van der Waals surface area contributed by atoms with Gasteiger partial charge in [0.1, 0.15) is 0 Å². The van der Waals surface area contributed by atoms with Gasteiger partial charge < -0.3 is 5.73 Å². The third-order valence-electron chi connectivity index (χ3n) is 1.94. The summed E-state index contributed by atoms with van der Waals surface area (Å²) in [7, 11) is 0. The molecule has 0 radical (unpaired) electrons. The predicted octanol–water partition coefficient (Wildman–Crippen LogP) is 1.77. The van der Waals surface area contributed by atoms with Crippen LogP contribution in [-0.2, 0) is 0 Å². The molecule has 0 rings (SSSR count). The molecule has 10 heavy (non-hydrogen) atoms. The average Bonchev–Trinajstić information content (AvgIpc) is 1.87. The summed E-state index contributed by atoms with van der Waals surface area (Å²) in [5.41, 5.74) is 5.90. The first kappa shape index (κ1) is 9.52. The first-order valence-electron chi connectivity index (χ1n) is 3.73. The largest absolute Gasteiger partial charge is 0.318 e. The van der Waals surface area contributed by atoms with E-state index in [2.05, 4.69) is 26.7 Å². The van der Waals surface area contributed by atoms with Crippen molar-refractivity contribution in [1.29, 1.82) is 0 Å². The Hall–Kier alpha value is -0.480. The fraction of sp³-hybridized carbons (Fsp3) is 0.778. The van der Waals surface area contributed by atoms with Crippen molar-refractivity contribution in [3.05, 3.63) is 0 Å². The van der Waals surface area contributed by atoms with Gasteiger partial charge in [-0.1, -0.05) is 33.1 Å². The zero-order valence-electron chi connectivity index (χ0n) is 7.15. The second kappa shape index (κ2) is 3.63. The summed E-state index contributed by atoms with van der Waals surface area (Å²) < 4.78 is 0. The molecule has 0 aliphatic carbocycles. The van der Waals surface area contributed by atoms with Gasteiger partial charge in [0.2, 0.25) is 0 Å². The summed E-state index contributed by atoms with van der Waals surface area (Å²) in [6.45, 7) is 6.53. The molecule has 1 unspecified atom stereocenters. The number of rotatable bonds is 3. The Labute approximate surface area is 64.0 Å². The number of hydrogen-bond acceptors (Lipinski definition) is 1. The van der Waals surface area contributed by atoms with E-state index in [0.717, 1.165) is 12.8 Å². The highest BCUT2D eigenvalue weighted by atomic mass is 14.6. The van der Waals surface area contributed by atoms with E-state index in [1.165, 1.54) is 0 Å². The normalized spacial score (nSPS) is 14.3. The van der Waals surface area contributed by atoms with Crippen LogP contribution in [0.3, 0.4) is 0 Å². The number of nitrogens with two attached hydrogens (primary N) is 1. The first-order chi connectivity index (χ1) is 4.52. The van der Waals surface area contributed by atoms with Crippen LogP contribution in [0.15, 0.2) is 0 Å². The van der Waals surface area contributed by atoms with E-state index in [4.69, 9.17) is 12.2 Å². The molecule has 1 atom stereocenters. The SMILES string of the molecule is C#CC(N)CC(C)(C)CC. The molecule has 2 N–H and O–H groups in total. The summed E-state index contributed by atoms with van der Waals surface area (Å²) in [5.74, 6) is 2.53. The Morgan fingerprint density at radius 1 is 1.60 bits per heavy atom. The van der Waals surface area contributed by atoms with Crippen LogP contribution < -0.4 is 5.73 Å². The van der Waals surface area contributed by atoms with Crippen molar-refractivity contribution in [2.24, 2.45) is 11.1 Å². The molecule has 1 nitrogen and oxygen atoms in total. The molecule has 0 spiro atoms. The minimum absolute atomic E-state index is 0.0741. The quantitative estimate of drug-likeness (QED) is 0.592. The lowest BCUT2D eigenvalue weighted by atomic mass is 9.84. The summed E-state index contributed by atoms with van der Waals surface area (Å²) in [6, 6.07) is -0.0741. The van der Waals surface area contributed by atoms with Crippen LogP contribution in [0.5, 0.6) is 0 Å². The highest BCUT2D eigenvalue weighted by molar-refractivity contribution is 4.98. The van der Waals surface area contributed by atoms with E-state index in [1.54, 1.807) is 0 Å². The van der Waals surface area contributed by atoms with Gasteiger partial charge in [-0.3, -0.25) is 0 Å². The predicted molar refractivity (Wildman–Crippen MR) is 45.5 cm³/mol. The Kier molecular flexibility index (Phi) is 3.46. The highest BCUT2D eigenvalue weighted by Gasteiger charge is 2.17. The number of hydrogen-bond donors (Lipinski definition) is 1. The van der Waals surface area contributed by atoms with E-state index in [-0.39, 0.29) is 6.04 Å². The smallest absolute Gasteiger partial charge is 0.0667 e. The second-order valence-electron chi connectivity index (χ2n) is 3.50. The average molecular weight is 139 g/mol. The van der Waals surface area contributed by atoms with Gasteiger partial charge in [-0.25, -0.2) is 0 Å². The topological polar surface area (TPSA) is 26.0 Å². The van der Waals surface area contributed by atoms with Gasteiger partial charge >= 0.3 is 0 Å². The maximum absolute atomic E-state index is 5.60. The van der Waals surface area contributed by atoms with Crippen LogP contribution in [0.25, 0.3) is 0 Å². The van der Waals surface area contributed by atoms with Gasteiger partial charge in [-0.2, -0.15) is 0 Å². The van der Waals surface area contributed by atoms with Crippen LogP contribution in [-0.4, -0.2) is 6.04 Å². The fourth-order valence-corrected chi connectivity index (χ4v) is 0.799. The van der Waals surface area contributed by atoms with Crippen molar-refractivity contribution in [3.63, 3.8) is 0 Å². The van der Waals surface area contributed by atoms with Crippen LogP contribution in [0.4, 0.5) is 0 Å². The number of terminal acetylenes is 1. The Morgan fingerprint density at radius 2 is 2.10 bits per heavy atom. The summed E-state index contributed by atoms with van der Waals surface area (Å²) >= 11 is 0. The van der Waals surface area contributed by atoms with Gasteiger partial charge in [0.05, 0.1) is 6.04 Å². The van der Waals surface area contributed by atoms with E-state index < -0.39 is 0 Å². The molecular formula is C9H17N. The Balaban J connectivity index is 3.79. The zero-order valence-corrected chi connectivity index (χ0v) is 7.15. The maximum Gasteiger partial charge on any atom is 0.0667 e. The summed E-state index contributed by atoms with van der Waals surface area (Å²) in [5, 5.41) is 0. The molecule has 0 amide bonds. The molecule has 1 heteroatoms. The van der Waals surface area contributed by atoms with E-state index in [1.807, 2.05) is 0 Å². The minimum atomic E-state index is -0.0741. The zero-order chi connectivity index (χ0) is 8.20. The molecular weight excluding hydrogens is 122 g/mol. The molecule has 0 aromatic carbocycles. The molecule has 0 aliphatic rings. The Morgan fingerprint density at radius 3 is 2.40 bits per heavy atom. The summed E-state index contributed by atoms with van der Waals surface area (Å²) in [6.07, 6.45) is 7.20. The van der Waals surface area contributed by atoms with Gasteiger partial charge in [0.15, 0.2) is 0 Å². The molecule has 0 aromatic rings. The molecule has 58 valence electrons. The lowest BCUT2D eigenvalue weighted by Crippen LogP contribution is -2.25. The standard InChI is InChI=1S/C9H17N/c1-5-8(10)7-9(3,4)6-2/h1,8H,6-7,10H2,2-4H3. The highest BCUT2D eigenvalue weighted by Crippen LogP contribution is 2.24. The molecule has 0 saturated carbocycles. The molecule has 0 bridgehead atoms. The molecule has 0 fully saturated rings. The van der Waals surface area contributed by atoms with Crippen molar-refractivity contribution in [3.8, 4) is 12.3 Å². The Bertz CT molecular complexity index is 130. The van der Waals surface area contributed by atoms with Crippen molar-refractivity contribution in [2.75, 3.05) is 0 Å². The molecule has 0 saturated heterocycles. The van der Waals surface area contributed by atoms with Crippen LogP contribution in [0.2, 0.25) is 0 Å². The molecule has 0 aromatic heterocycles. The molecule has 0 heterocycles. The van der Waals surface area contributed by atoms with Gasteiger partial charge in [0, 0.05) is 0 Å². The maximum atomic E-state index is 5.60. The lowest BCUT2D eigenvalue weighted by Gasteiger charge is -2.23. The van der Waals surface area contributed by atoms with Gasteiger partial charge in [0.25, 0.3) is 0 Å². The van der Waals surface area contributed by atoms with E-state index >= 15 is 0 Å². The fourth-order valence-electron chi connectivity index (χ4n) is 0.799. The summed E-state index contributed by atoms with van der Waals surface area (Å²) in [4.78, 5) is 0. The van der Waals surface area contributed by atoms with Crippen molar-refractivity contribution < 1.29 is 0 Å². The van der Waals surface area contributed by atoms with E-state index in [0.29, 0.717) is 5.41 Å². The van der Waals surface area contributed by atoms with Crippen molar-refractivity contribution >= 4 is 0 Å². The van der Waals surface area contributed by atoms with Gasteiger partial charge in [-0.15, -0.1) is 6.42 Å². The van der Waals surface area contributed by atoms with Crippen LogP contribution in [0, 0.1) is 17.8 Å². The second-order valence-corrected chi connectivity index (χ2v) is 3.50. The monoisotopic (exact) mass is 139 g/mol. The van der Waals surface area contributed by atoms with Gasteiger partial charge in [-0.05, 0) is 11.8 Å². The van der Waals surface area contributed by atoms with Crippen LogP contribution in [0.1, 0.15) is 33.6 Å². The van der Waals surface area contributed by atoms with Crippen molar-refractivity contribution in [1.82, 2.24) is 0 Å². The molecule has 0 aliphatic heterocycles. The van der Waals surface area contributed by atoms with Crippen molar-refractivity contribution in [2.45, 2.75) is 39.7 Å². The minimum Gasteiger partial charge on any atom is -0.318 e. The van der Waals surface area contributed by atoms with Crippen LogP contribution >= 0.6 is 0 Å². The lowest BCUT2D eigenvalue weighted by molar-refractivity contribution is 0.312. The van der Waals surface area contributed by atoms with E-state index in [9.17, 15) is 0 Å². The first-order valence-corrected chi connectivity index (χ1v) is 3.73.